The van der Waals surface area contributed by atoms with Gasteiger partial charge in [0.1, 0.15) is 18.6 Å². The minimum atomic E-state index is -1.22. The first kappa shape index (κ1) is 30.1. The molecular formula is C33H34N6O5. The molecule has 2 aromatic heterocycles. The molecule has 3 aromatic carbocycles. The highest BCUT2D eigenvalue weighted by molar-refractivity contribution is 5.95. The standard InChI is InChI=1S/C33H34N6O5/c34-25(14-20-8-2-1-3-9-20)31(42)38-29(16-22-18-36-27-13-7-5-11-24(22)27)33(44)39-28(32(43)37-19-30(40)41)15-21-17-35-26-12-6-4-10-23(21)26/h1-13,17-18,25,28-29,35-36H,14-16,19,34H2,(H,37,43)(H,38,42)(H,39,44)(H,40,41). The van der Waals surface area contributed by atoms with Crippen molar-refractivity contribution < 1.29 is 24.3 Å². The van der Waals surface area contributed by atoms with Gasteiger partial charge in [-0.3, -0.25) is 19.2 Å². The van der Waals surface area contributed by atoms with E-state index in [1.165, 1.54) is 0 Å². The molecule has 11 heteroatoms. The zero-order valence-corrected chi connectivity index (χ0v) is 23.9. The molecule has 0 radical (unpaired) electrons. The number of hydrogen-bond donors (Lipinski definition) is 7. The zero-order chi connectivity index (χ0) is 31.1. The third-order valence-corrected chi connectivity index (χ3v) is 7.51. The summed E-state index contributed by atoms with van der Waals surface area (Å²) in [5.41, 5.74) is 10.4. The summed E-state index contributed by atoms with van der Waals surface area (Å²) in [5.74, 6) is -3.00. The van der Waals surface area contributed by atoms with Crippen LogP contribution in [0.25, 0.3) is 21.8 Å². The number of carbonyl (C=O) groups excluding carboxylic acids is 3. The number of fused-ring (bicyclic) bond motifs is 2. The molecule has 0 aliphatic rings. The Labute approximate surface area is 253 Å². The lowest BCUT2D eigenvalue weighted by molar-refractivity contribution is -0.138. The molecule has 226 valence electrons. The predicted molar refractivity (Wildman–Crippen MR) is 167 cm³/mol. The van der Waals surface area contributed by atoms with Crippen molar-refractivity contribution in [2.75, 3.05) is 6.54 Å². The minimum absolute atomic E-state index is 0.0858. The van der Waals surface area contributed by atoms with Crippen molar-refractivity contribution in [1.29, 1.82) is 0 Å². The first-order chi connectivity index (χ1) is 21.3. The summed E-state index contributed by atoms with van der Waals surface area (Å²) in [6, 6.07) is 21.3. The van der Waals surface area contributed by atoms with Gasteiger partial charge in [-0.25, -0.2) is 0 Å². The van der Waals surface area contributed by atoms with E-state index in [2.05, 4.69) is 25.9 Å². The maximum Gasteiger partial charge on any atom is 0.322 e. The van der Waals surface area contributed by atoms with Gasteiger partial charge in [-0.15, -0.1) is 0 Å². The van der Waals surface area contributed by atoms with Crippen LogP contribution in [-0.2, 0) is 38.4 Å². The number of carboxylic acids is 1. The number of amides is 3. The minimum Gasteiger partial charge on any atom is -0.480 e. The molecule has 44 heavy (non-hydrogen) atoms. The average Bonchev–Trinajstić information content (AvgIpc) is 3.63. The van der Waals surface area contributed by atoms with Crippen LogP contribution >= 0.6 is 0 Å². The molecule has 3 atom stereocenters. The normalized spacial score (nSPS) is 13.2. The Morgan fingerprint density at radius 3 is 1.73 bits per heavy atom. The number of aliphatic carboxylic acids is 1. The Morgan fingerprint density at radius 2 is 1.16 bits per heavy atom. The molecule has 3 unspecified atom stereocenters. The number of rotatable bonds is 13. The summed E-state index contributed by atoms with van der Waals surface area (Å²) < 4.78 is 0. The smallest absolute Gasteiger partial charge is 0.322 e. The third kappa shape index (κ3) is 7.31. The fourth-order valence-electron chi connectivity index (χ4n) is 5.26. The van der Waals surface area contributed by atoms with Crippen LogP contribution in [0.1, 0.15) is 16.7 Å². The average molecular weight is 595 g/mol. The molecule has 8 N–H and O–H groups in total. The van der Waals surface area contributed by atoms with Crippen LogP contribution in [0.3, 0.4) is 0 Å². The number of aromatic amines is 2. The van der Waals surface area contributed by atoms with E-state index in [1.807, 2.05) is 78.9 Å². The van der Waals surface area contributed by atoms with E-state index in [0.29, 0.717) is 0 Å². The van der Waals surface area contributed by atoms with Gasteiger partial charge in [0.2, 0.25) is 17.7 Å². The fraction of sp³-hybridized carbons (Fsp3) is 0.212. The third-order valence-electron chi connectivity index (χ3n) is 7.51. The highest BCUT2D eigenvalue weighted by Crippen LogP contribution is 2.21. The number of H-pyrrole nitrogens is 2. The summed E-state index contributed by atoms with van der Waals surface area (Å²) in [4.78, 5) is 57.9. The van der Waals surface area contributed by atoms with E-state index in [0.717, 1.165) is 38.5 Å². The van der Waals surface area contributed by atoms with Gasteiger partial charge in [0.25, 0.3) is 0 Å². The van der Waals surface area contributed by atoms with Crippen LogP contribution in [-0.4, -0.2) is 63.4 Å². The van der Waals surface area contributed by atoms with Crippen molar-refractivity contribution in [3.8, 4) is 0 Å². The maximum absolute atomic E-state index is 13.9. The maximum atomic E-state index is 13.9. The number of carbonyl (C=O) groups is 4. The number of carboxylic acid groups (broad SMARTS) is 1. The first-order valence-electron chi connectivity index (χ1n) is 14.3. The molecular weight excluding hydrogens is 560 g/mol. The van der Waals surface area contributed by atoms with E-state index < -0.39 is 48.4 Å². The van der Waals surface area contributed by atoms with Gasteiger partial charge < -0.3 is 36.8 Å². The number of aromatic nitrogens is 2. The molecule has 11 nitrogen and oxygen atoms in total. The summed E-state index contributed by atoms with van der Waals surface area (Å²) >= 11 is 0. The number of hydrogen-bond acceptors (Lipinski definition) is 5. The summed E-state index contributed by atoms with van der Waals surface area (Å²) in [7, 11) is 0. The Kier molecular flexibility index (Phi) is 9.36. The van der Waals surface area contributed by atoms with Crippen molar-refractivity contribution in [2.24, 2.45) is 5.73 Å². The van der Waals surface area contributed by atoms with Crippen LogP contribution in [0, 0.1) is 0 Å². The van der Waals surface area contributed by atoms with Crippen molar-refractivity contribution in [3.05, 3.63) is 108 Å². The van der Waals surface area contributed by atoms with Gasteiger partial charge >= 0.3 is 5.97 Å². The van der Waals surface area contributed by atoms with Crippen LogP contribution < -0.4 is 21.7 Å². The Bertz CT molecular complexity index is 1780. The van der Waals surface area contributed by atoms with Crippen molar-refractivity contribution in [3.63, 3.8) is 0 Å². The monoisotopic (exact) mass is 594 g/mol. The summed E-state index contributed by atoms with van der Waals surface area (Å²) in [6.45, 7) is -0.608. The number of benzene rings is 3. The highest BCUT2D eigenvalue weighted by atomic mass is 16.4. The zero-order valence-electron chi connectivity index (χ0n) is 23.9. The molecule has 0 aliphatic heterocycles. The number of nitrogens with one attached hydrogen (secondary N) is 5. The highest BCUT2D eigenvalue weighted by Gasteiger charge is 2.30. The quantitative estimate of drug-likeness (QED) is 0.110. The van der Waals surface area contributed by atoms with Gasteiger partial charge in [0.15, 0.2) is 0 Å². The second kappa shape index (κ2) is 13.7. The van der Waals surface area contributed by atoms with Gasteiger partial charge in [0.05, 0.1) is 6.04 Å². The van der Waals surface area contributed by atoms with Crippen LogP contribution in [0.4, 0.5) is 0 Å². The van der Waals surface area contributed by atoms with E-state index in [-0.39, 0.29) is 19.3 Å². The molecule has 0 bridgehead atoms. The van der Waals surface area contributed by atoms with Crippen molar-refractivity contribution in [2.45, 2.75) is 37.4 Å². The van der Waals surface area contributed by atoms with Crippen LogP contribution in [0.5, 0.6) is 0 Å². The molecule has 0 fully saturated rings. The molecule has 2 heterocycles. The second-order valence-electron chi connectivity index (χ2n) is 10.7. The summed E-state index contributed by atoms with van der Waals surface area (Å²) in [6.07, 6.45) is 4.01. The van der Waals surface area contributed by atoms with E-state index in [4.69, 9.17) is 10.8 Å². The molecule has 5 aromatic rings. The molecule has 0 saturated heterocycles. The van der Waals surface area contributed by atoms with E-state index in [1.54, 1.807) is 12.4 Å². The lowest BCUT2D eigenvalue weighted by atomic mass is 10.0. The summed E-state index contributed by atoms with van der Waals surface area (Å²) in [5, 5.41) is 18.8. The lowest BCUT2D eigenvalue weighted by Crippen LogP contribution is -2.57. The van der Waals surface area contributed by atoms with Crippen molar-refractivity contribution >= 4 is 45.5 Å². The predicted octanol–water partition coefficient (Wildman–Crippen LogP) is 2.17. The molecule has 3 amide bonds. The fourth-order valence-corrected chi connectivity index (χ4v) is 5.26. The Morgan fingerprint density at radius 1 is 0.659 bits per heavy atom. The van der Waals surface area contributed by atoms with Crippen molar-refractivity contribution in [1.82, 2.24) is 25.9 Å². The molecule has 5 rings (SSSR count). The van der Waals surface area contributed by atoms with Crippen LogP contribution in [0.2, 0.25) is 0 Å². The van der Waals surface area contributed by atoms with Gasteiger partial charge in [0, 0.05) is 47.0 Å². The van der Waals surface area contributed by atoms with Gasteiger partial charge in [-0.05, 0) is 35.2 Å². The number of para-hydroxylation sites is 2. The molecule has 0 aliphatic carbocycles. The second-order valence-corrected chi connectivity index (χ2v) is 10.7. The van der Waals surface area contributed by atoms with E-state index in [9.17, 15) is 19.2 Å². The largest absolute Gasteiger partial charge is 0.480 e. The lowest BCUT2D eigenvalue weighted by Gasteiger charge is -2.24. The Balaban J connectivity index is 1.39. The SMILES string of the molecule is NC(Cc1ccccc1)C(=O)NC(Cc1c[nH]c2ccccc12)C(=O)NC(Cc1c[nH]c2ccccc12)C(=O)NCC(=O)O. The Hall–Kier alpha value is -5.42. The van der Waals surface area contributed by atoms with E-state index >= 15 is 0 Å². The topological polar surface area (TPSA) is 182 Å². The van der Waals surface area contributed by atoms with Crippen LogP contribution in [0.15, 0.2) is 91.3 Å². The molecule has 0 saturated carbocycles. The first-order valence-corrected chi connectivity index (χ1v) is 14.3. The van der Waals surface area contributed by atoms with Gasteiger partial charge in [-0.1, -0.05) is 66.7 Å². The van der Waals surface area contributed by atoms with Gasteiger partial charge in [-0.2, -0.15) is 0 Å². The number of nitrogens with two attached hydrogens (primary N) is 1. The molecule has 0 spiro atoms.